The first-order chi connectivity index (χ1) is 13.3. The molecule has 0 aliphatic rings. The molecule has 4 heteroatoms. The van der Waals surface area contributed by atoms with Crippen LogP contribution in [0.25, 0.3) is 10.8 Å². The van der Waals surface area contributed by atoms with Crippen LogP contribution in [-0.2, 0) is 16.6 Å². The maximum absolute atomic E-state index is 12.6. The molecule has 2 N–H and O–H groups in total. The number of hydrogen-bond acceptors (Lipinski definition) is 2. The summed E-state index contributed by atoms with van der Waals surface area (Å²) in [4.78, 5) is 24.4. The van der Waals surface area contributed by atoms with Crippen LogP contribution in [0, 0.1) is 0 Å². The highest BCUT2D eigenvalue weighted by Crippen LogP contribution is 2.23. The summed E-state index contributed by atoms with van der Waals surface area (Å²) in [5.41, 5.74) is 2.47. The molecule has 28 heavy (non-hydrogen) atoms. The lowest BCUT2D eigenvalue weighted by Crippen LogP contribution is -2.42. The monoisotopic (exact) mass is 375 g/mol. The standard InChI is InChI=1S/C24H25NO3/c1-24(2,3)19-13-11-17(12-14-19)22(26)25-21(23(27)28)15-18-9-6-8-16-7-4-5-10-20(16)18/h4-14,21H,15H2,1-3H3,(H,25,26)(H,27,28)/t21-/m1/s1. The third kappa shape index (κ3) is 4.39. The van der Waals surface area contributed by atoms with Crippen molar-refractivity contribution in [2.45, 2.75) is 38.6 Å². The molecule has 0 unspecified atom stereocenters. The summed E-state index contributed by atoms with van der Waals surface area (Å²) < 4.78 is 0. The van der Waals surface area contributed by atoms with Crippen molar-refractivity contribution >= 4 is 22.6 Å². The molecule has 0 spiro atoms. The number of nitrogens with one attached hydrogen (secondary N) is 1. The Morgan fingerprint density at radius 2 is 1.57 bits per heavy atom. The van der Waals surface area contributed by atoms with Gasteiger partial charge in [-0.1, -0.05) is 75.4 Å². The number of carboxylic acid groups (broad SMARTS) is 1. The maximum Gasteiger partial charge on any atom is 0.326 e. The second-order valence-corrected chi connectivity index (χ2v) is 8.03. The number of amides is 1. The van der Waals surface area contributed by atoms with E-state index in [-0.39, 0.29) is 17.7 Å². The van der Waals surface area contributed by atoms with Crippen molar-refractivity contribution in [3.8, 4) is 0 Å². The van der Waals surface area contributed by atoms with E-state index in [2.05, 4.69) is 26.1 Å². The minimum Gasteiger partial charge on any atom is -0.480 e. The average Bonchev–Trinajstić information content (AvgIpc) is 2.67. The Morgan fingerprint density at radius 1 is 0.929 bits per heavy atom. The van der Waals surface area contributed by atoms with Crippen LogP contribution in [0.15, 0.2) is 66.7 Å². The third-order valence-corrected chi connectivity index (χ3v) is 4.92. The Hall–Kier alpha value is -3.14. The van der Waals surface area contributed by atoms with Gasteiger partial charge in [0.15, 0.2) is 0 Å². The first kappa shape index (κ1) is 19.6. The van der Waals surface area contributed by atoms with Crippen LogP contribution >= 0.6 is 0 Å². The summed E-state index contributed by atoms with van der Waals surface area (Å²) in [7, 11) is 0. The third-order valence-electron chi connectivity index (χ3n) is 4.92. The number of benzene rings is 3. The van der Waals surface area contributed by atoms with Gasteiger partial charge in [0, 0.05) is 12.0 Å². The summed E-state index contributed by atoms with van der Waals surface area (Å²) in [6.45, 7) is 6.31. The number of hydrogen-bond donors (Lipinski definition) is 2. The predicted molar refractivity (Wildman–Crippen MR) is 112 cm³/mol. The van der Waals surface area contributed by atoms with Crippen molar-refractivity contribution < 1.29 is 14.7 Å². The number of fused-ring (bicyclic) bond motifs is 1. The van der Waals surface area contributed by atoms with E-state index >= 15 is 0 Å². The highest BCUT2D eigenvalue weighted by molar-refractivity contribution is 5.97. The van der Waals surface area contributed by atoms with Crippen molar-refractivity contribution in [3.05, 3.63) is 83.4 Å². The normalized spacial score (nSPS) is 12.5. The summed E-state index contributed by atoms with van der Waals surface area (Å²) in [5.74, 6) is -1.43. The van der Waals surface area contributed by atoms with Gasteiger partial charge in [0.1, 0.15) is 6.04 Å². The van der Waals surface area contributed by atoms with E-state index in [4.69, 9.17) is 0 Å². The summed E-state index contributed by atoms with van der Waals surface area (Å²) in [6, 6.07) is 19.9. The first-order valence-electron chi connectivity index (χ1n) is 9.36. The second kappa shape index (κ2) is 7.85. The topological polar surface area (TPSA) is 66.4 Å². The number of carboxylic acids is 1. The molecule has 0 radical (unpaired) electrons. The number of aliphatic carboxylic acids is 1. The van der Waals surface area contributed by atoms with Gasteiger partial charge >= 0.3 is 5.97 Å². The van der Waals surface area contributed by atoms with Gasteiger partial charge in [-0.2, -0.15) is 0 Å². The van der Waals surface area contributed by atoms with E-state index < -0.39 is 12.0 Å². The minimum absolute atomic E-state index is 0.00697. The zero-order chi connectivity index (χ0) is 20.3. The Kier molecular flexibility index (Phi) is 5.50. The van der Waals surface area contributed by atoms with Gasteiger partial charge in [-0.25, -0.2) is 4.79 Å². The highest BCUT2D eigenvalue weighted by Gasteiger charge is 2.22. The van der Waals surface area contributed by atoms with Gasteiger partial charge < -0.3 is 10.4 Å². The molecule has 0 saturated carbocycles. The van der Waals surface area contributed by atoms with E-state index in [0.29, 0.717) is 5.56 Å². The van der Waals surface area contributed by atoms with E-state index in [1.165, 1.54) is 0 Å². The molecule has 0 aliphatic carbocycles. The molecule has 3 aromatic rings. The smallest absolute Gasteiger partial charge is 0.326 e. The fraction of sp³-hybridized carbons (Fsp3) is 0.250. The first-order valence-corrected chi connectivity index (χ1v) is 9.36. The van der Waals surface area contributed by atoms with E-state index in [0.717, 1.165) is 21.9 Å². The molecule has 1 atom stereocenters. The van der Waals surface area contributed by atoms with Gasteiger partial charge in [0.25, 0.3) is 5.91 Å². The lowest BCUT2D eigenvalue weighted by atomic mass is 9.86. The minimum atomic E-state index is -1.05. The molecule has 144 valence electrons. The highest BCUT2D eigenvalue weighted by atomic mass is 16.4. The van der Waals surface area contributed by atoms with Gasteiger partial charge in [-0.3, -0.25) is 4.79 Å². The van der Waals surface area contributed by atoms with E-state index in [9.17, 15) is 14.7 Å². The summed E-state index contributed by atoms with van der Waals surface area (Å²) >= 11 is 0. The second-order valence-electron chi connectivity index (χ2n) is 8.03. The summed E-state index contributed by atoms with van der Waals surface area (Å²) in [5, 5.41) is 14.4. The fourth-order valence-electron chi connectivity index (χ4n) is 3.25. The van der Waals surface area contributed by atoms with Crippen molar-refractivity contribution in [1.29, 1.82) is 0 Å². The average molecular weight is 375 g/mol. The van der Waals surface area contributed by atoms with Crippen molar-refractivity contribution in [1.82, 2.24) is 5.32 Å². The van der Waals surface area contributed by atoms with Gasteiger partial charge in [-0.15, -0.1) is 0 Å². The zero-order valence-corrected chi connectivity index (χ0v) is 16.4. The molecule has 0 fully saturated rings. The van der Waals surface area contributed by atoms with Crippen LogP contribution < -0.4 is 5.32 Å². The van der Waals surface area contributed by atoms with Crippen LogP contribution in [0.5, 0.6) is 0 Å². The van der Waals surface area contributed by atoms with Crippen molar-refractivity contribution in [2.75, 3.05) is 0 Å². The van der Waals surface area contributed by atoms with Crippen molar-refractivity contribution in [2.24, 2.45) is 0 Å². The Morgan fingerprint density at radius 3 is 2.21 bits per heavy atom. The quantitative estimate of drug-likeness (QED) is 0.687. The molecular weight excluding hydrogens is 350 g/mol. The fourth-order valence-corrected chi connectivity index (χ4v) is 3.25. The Balaban J connectivity index is 1.79. The lowest BCUT2D eigenvalue weighted by Gasteiger charge is -2.19. The van der Waals surface area contributed by atoms with E-state index in [1.54, 1.807) is 12.1 Å². The largest absolute Gasteiger partial charge is 0.480 e. The lowest BCUT2D eigenvalue weighted by molar-refractivity contribution is -0.139. The van der Waals surface area contributed by atoms with E-state index in [1.807, 2.05) is 54.6 Å². The molecule has 0 aliphatic heterocycles. The Bertz CT molecular complexity index is 995. The van der Waals surface area contributed by atoms with Crippen LogP contribution in [0.2, 0.25) is 0 Å². The molecule has 3 aromatic carbocycles. The SMILES string of the molecule is CC(C)(C)c1ccc(C(=O)N[C@H](Cc2cccc3ccccc23)C(=O)O)cc1. The molecule has 0 saturated heterocycles. The van der Waals surface area contributed by atoms with Crippen LogP contribution in [0.4, 0.5) is 0 Å². The zero-order valence-electron chi connectivity index (χ0n) is 16.4. The van der Waals surface area contributed by atoms with Gasteiger partial charge in [0.2, 0.25) is 0 Å². The molecule has 0 aromatic heterocycles. The number of carbonyl (C=O) groups excluding carboxylic acids is 1. The number of rotatable bonds is 5. The molecule has 0 bridgehead atoms. The van der Waals surface area contributed by atoms with Gasteiger partial charge in [0.05, 0.1) is 0 Å². The molecule has 3 rings (SSSR count). The van der Waals surface area contributed by atoms with Crippen LogP contribution in [-0.4, -0.2) is 23.0 Å². The maximum atomic E-state index is 12.6. The van der Waals surface area contributed by atoms with Crippen LogP contribution in [0.3, 0.4) is 0 Å². The molecule has 0 heterocycles. The summed E-state index contributed by atoms with van der Waals surface area (Å²) in [6.07, 6.45) is 0.225. The van der Waals surface area contributed by atoms with Crippen LogP contribution in [0.1, 0.15) is 42.3 Å². The molecule has 1 amide bonds. The number of carbonyl (C=O) groups is 2. The molecule has 4 nitrogen and oxygen atoms in total. The Labute approximate surface area is 165 Å². The predicted octanol–water partition coefficient (Wildman–Crippen LogP) is 4.56. The molecular formula is C24H25NO3. The van der Waals surface area contributed by atoms with Crippen molar-refractivity contribution in [3.63, 3.8) is 0 Å². The van der Waals surface area contributed by atoms with Gasteiger partial charge in [-0.05, 0) is 39.4 Å².